The number of ether oxygens (including phenoxy) is 2. The minimum atomic E-state index is -0.109. The molecule has 2 aliphatic heterocycles. The van der Waals surface area contributed by atoms with Crippen LogP contribution < -0.4 is 5.73 Å². The van der Waals surface area contributed by atoms with Gasteiger partial charge in [-0.15, -0.1) is 0 Å². The molecule has 2 fully saturated rings. The van der Waals surface area contributed by atoms with Crippen molar-refractivity contribution < 1.29 is 9.47 Å². The second-order valence-corrected chi connectivity index (χ2v) is 5.80. The maximum absolute atomic E-state index is 6.44. The molecule has 2 bridgehead atoms. The molecule has 2 N–H and O–H groups in total. The molecule has 0 spiro atoms. The van der Waals surface area contributed by atoms with Crippen molar-refractivity contribution >= 4 is 11.6 Å². The molecule has 3 rings (SSSR count). The zero-order chi connectivity index (χ0) is 13.4. The first kappa shape index (κ1) is 13.4. The molecule has 19 heavy (non-hydrogen) atoms. The van der Waals surface area contributed by atoms with Crippen LogP contribution in [0.1, 0.15) is 31.0 Å². The van der Waals surface area contributed by atoms with E-state index < -0.39 is 0 Å². The van der Waals surface area contributed by atoms with E-state index in [1.165, 1.54) is 6.42 Å². The van der Waals surface area contributed by atoms with Gasteiger partial charge >= 0.3 is 0 Å². The van der Waals surface area contributed by atoms with E-state index in [2.05, 4.69) is 5.10 Å². The summed E-state index contributed by atoms with van der Waals surface area (Å²) in [6.45, 7) is 1.28. The lowest BCUT2D eigenvalue weighted by Crippen LogP contribution is -2.31. The van der Waals surface area contributed by atoms with E-state index >= 15 is 0 Å². The van der Waals surface area contributed by atoms with Crippen LogP contribution >= 0.6 is 11.6 Å². The van der Waals surface area contributed by atoms with Crippen LogP contribution in [-0.4, -0.2) is 35.7 Å². The van der Waals surface area contributed by atoms with E-state index in [0.29, 0.717) is 36.3 Å². The average Bonchev–Trinajstić information content (AvgIpc) is 3.10. The van der Waals surface area contributed by atoms with Gasteiger partial charge in [0.2, 0.25) is 0 Å². The number of hydrogen-bond acceptors (Lipinski definition) is 4. The first-order valence-electron chi connectivity index (χ1n) is 6.82. The third kappa shape index (κ3) is 2.40. The minimum Gasteiger partial charge on any atom is -0.383 e. The Bertz CT molecular complexity index is 451. The third-order valence-electron chi connectivity index (χ3n) is 4.27. The Balaban J connectivity index is 1.79. The highest BCUT2D eigenvalue weighted by molar-refractivity contribution is 6.31. The second kappa shape index (κ2) is 5.40. The fraction of sp³-hybridized carbons (Fsp3) is 0.769. The van der Waals surface area contributed by atoms with Crippen molar-refractivity contribution in [1.82, 2.24) is 9.78 Å². The molecule has 6 heteroatoms. The van der Waals surface area contributed by atoms with Crippen LogP contribution in [0.15, 0.2) is 6.20 Å². The highest BCUT2D eigenvalue weighted by atomic mass is 35.5. The molecule has 4 atom stereocenters. The lowest BCUT2D eigenvalue weighted by Gasteiger charge is -2.26. The van der Waals surface area contributed by atoms with E-state index in [4.69, 9.17) is 26.8 Å². The minimum absolute atomic E-state index is 0.109. The smallest absolute Gasteiger partial charge is 0.0834 e. The molecule has 3 heterocycles. The van der Waals surface area contributed by atoms with Crippen LogP contribution in [0.25, 0.3) is 0 Å². The summed E-state index contributed by atoms with van der Waals surface area (Å²) in [4.78, 5) is 0. The Morgan fingerprint density at radius 3 is 3.11 bits per heavy atom. The molecule has 106 valence electrons. The molecular formula is C13H20ClN3O2. The van der Waals surface area contributed by atoms with Gasteiger partial charge in [0.15, 0.2) is 0 Å². The fourth-order valence-electron chi connectivity index (χ4n) is 3.32. The maximum Gasteiger partial charge on any atom is 0.0834 e. The SMILES string of the molecule is COCCn1ncc(Cl)c1C(N)C1CC2CCC1O2. The van der Waals surface area contributed by atoms with Crippen LogP contribution in [0.3, 0.4) is 0 Å². The van der Waals surface area contributed by atoms with E-state index in [1.54, 1.807) is 13.3 Å². The third-order valence-corrected chi connectivity index (χ3v) is 4.56. The van der Waals surface area contributed by atoms with Crippen LogP contribution in [0.4, 0.5) is 0 Å². The van der Waals surface area contributed by atoms with Gasteiger partial charge in [0.25, 0.3) is 0 Å². The molecule has 0 saturated carbocycles. The Morgan fingerprint density at radius 2 is 2.47 bits per heavy atom. The lowest BCUT2D eigenvalue weighted by atomic mass is 9.83. The van der Waals surface area contributed by atoms with E-state index in [-0.39, 0.29) is 6.04 Å². The van der Waals surface area contributed by atoms with Crippen molar-refractivity contribution in [3.05, 3.63) is 16.9 Å². The normalized spacial score (nSPS) is 31.0. The molecule has 0 radical (unpaired) electrons. The molecule has 4 unspecified atom stereocenters. The van der Waals surface area contributed by atoms with Crippen molar-refractivity contribution in [2.24, 2.45) is 11.7 Å². The molecule has 0 amide bonds. The van der Waals surface area contributed by atoms with Crippen molar-refractivity contribution in [3.63, 3.8) is 0 Å². The van der Waals surface area contributed by atoms with Crippen molar-refractivity contribution in [2.45, 2.75) is 44.1 Å². The van der Waals surface area contributed by atoms with Gasteiger partial charge in [-0.05, 0) is 19.3 Å². The maximum atomic E-state index is 6.44. The molecule has 1 aromatic heterocycles. The number of methoxy groups -OCH3 is 1. The Labute approximate surface area is 118 Å². The summed E-state index contributed by atoms with van der Waals surface area (Å²) in [6, 6.07) is -0.109. The number of fused-ring (bicyclic) bond motifs is 2. The molecular weight excluding hydrogens is 266 g/mol. The van der Waals surface area contributed by atoms with Gasteiger partial charge in [0, 0.05) is 13.0 Å². The fourth-order valence-corrected chi connectivity index (χ4v) is 3.58. The second-order valence-electron chi connectivity index (χ2n) is 5.39. The van der Waals surface area contributed by atoms with Crippen molar-refractivity contribution in [3.8, 4) is 0 Å². The summed E-state index contributed by atoms with van der Waals surface area (Å²) in [5, 5.41) is 4.94. The summed E-state index contributed by atoms with van der Waals surface area (Å²) in [6.07, 6.45) is 5.69. The highest BCUT2D eigenvalue weighted by Gasteiger charge is 2.44. The van der Waals surface area contributed by atoms with E-state index in [0.717, 1.165) is 18.5 Å². The van der Waals surface area contributed by atoms with Gasteiger partial charge in [0.1, 0.15) is 0 Å². The zero-order valence-corrected chi connectivity index (χ0v) is 11.8. The van der Waals surface area contributed by atoms with Gasteiger partial charge in [-0.2, -0.15) is 5.10 Å². The van der Waals surface area contributed by atoms with Gasteiger partial charge in [0.05, 0.1) is 48.3 Å². The van der Waals surface area contributed by atoms with Gasteiger partial charge in [-0.3, -0.25) is 4.68 Å². The molecule has 5 nitrogen and oxygen atoms in total. The van der Waals surface area contributed by atoms with Crippen LogP contribution in [0.5, 0.6) is 0 Å². The van der Waals surface area contributed by atoms with Crippen LogP contribution in [0, 0.1) is 5.92 Å². The number of nitrogens with zero attached hydrogens (tertiary/aromatic N) is 2. The number of rotatable bonds is 5. The number of nitrogens with two attached hydrogens (primary N) is 1. The summed E-state index contributed by atoms with van der Waals surface area (Å²) in [5.41, 5.74) is 7.36. The Kier molecular flexibility index (Phi) is 3.80. The quantitative estimate of drug-likeness (QED) is 0.895. The Morgan fingerprint density at radius 1 is 1.63 bits per heavy atom. The Hall–Kier alpha value is -0.620. The first-order chi connectivity index (χ1) is 9.20. The molecule has 2 saturated heterocycles. The van der Waals surface area contributed by atoms with Crippen molar-refractivity contribution in [2.75, 3.05) is 13.7 Å². The molecule has 0 aromatic carbocycles. The molecule has 2 aliphatic rings. The van der Waals surface area contributed by atoms with E-state index in [1.807, 2.05) is 4.68 Å². The molecule has 1 aromatic rings. The number of aromatic nitrogens is 2. The zero-order valence-electron chi connectivity index (χ0n) is 11.1. The predicted octanol–water partition coefficient (Wildman–Crippen LogP) is 1.75. The van der Waals surface area contributed by atoms with Gasteiger partial charge in [-0.25, -0.2) is 0 Å². The highest BCUT2D eigenvalue weighted by Crippen LogP contribution is 2.44. The summed E-state index contributed by atoms with van der Waals surface area (Å²) >= 11 is 6.25. The lowest BCUT2D eigenvalue weighted by molar-refractivity contribution is 0.0877. The summed E-state index contributed by atoms with van der Waals surface area (Å²) < 4.78 is 12.8. The van der Waals surface area contributed by atoms with Crippen LogP contribution in [0.2, 0.25) is 5.02 Å². The first-order valence-corrected chi connectivity index (χ1v) is 7.19. The van der Waals surface area contributed by atoms with Gasteiger partial charge < -0.3 is 15.2 Å². The monoisotopic (exact) mass is 285 g/mol. The number of hydrogen-bond donors (Lipinski definition) is 1. The van der Waals surface area contributed by atoms with Crippen LogP contribution in [-0.2, 0) is 16.0 Å². The topological polar surface area (TPSA) is 62.3 Å². The summed E-state index contributed by atoms with van der Waals surface area (Å²) in [5.74, 6) is 0.356. The number of halogens is 1. The molecule has 0 aliphatic carbocycles. The predicted molar refractivity (Wildman–Crippen MR) is 72.0 cm³/mol. The standard InChI is InChI=1S/C13H20ClN3O2/c1-18-5-4-17-13(10(14)7-16-17)12(15)9-6-8-2-3-11(9)19-8/h7-9,11-12H,2-6,15H2,1H3. The van der Waals surface area contributed by atoms with Gasteiger partial charge in [-0.1, -0.05) is 11.6 Å². The van der Waals surface area contributed by atoms with Crippen molar-refractivity contribution in [1.29, 1.82) is 0 Å². The van der Waals surface area contributed by atoms with E-state index in [9.17, 15) is 0 Å². The average molecular weight is 286 g/mol. The summed E-state index contributed by atoms with van der Waals surface area (Å²) in [7, 11) is 1.68. The largest absolute Gasteiger partial charge is 0.383 e.